The van der Waals surface area contributed by atoms with Gasteiger partial charge in [-0.25, -0.2) is 4.79 Å². The SMILES string of the molecule is CCOc1ccccc1/C=C/C(=O)OC(C)C(=O)Nc1ccccc1C(F)(F)F. The summed E-state index contributed by atoms with van der Waals surface area (Å²) in [6.07, 6.45) is -3.33. The molecule has 1 unspecified atom stereocenters. The van der Waals surface area contributed by atoms with Crippen molar-refractivity contribution in [1.29, 1.82) is 0 Å². The molecule has 8 heteroatoms. The maximum atomic E-state index is 13.0. The lowest BCUT2D eigenvalue weighted by molar-refractivity contribution is -0.148. The van der Waals surface area contributed by atoms with Crippen molar-refractivity contribution in [3.8, 4) is 5.75 Å². The molecule has 5 nitrogen and oxygen atoms in total. The van der Waals surface area contributed by atoms with E-state index in [9.17, 15) is 22.8 Å². The quantitative estimate of drug-likeness (QED) is 0.534. The molecule has 29 heavy (non-hydrogen) atoms. The Labute approximate surface area is 166 Å². The molecule has 0 aliphatic heterocycles. The van der Waals surface area contributed by atoms with Gasteiger partial charge in [-0.15, -0.1) is 0 Å². The van der Waals surface area contributed by atoms with E-state index in [1.807, 2.05) is 6.92 Å². The summed E-state index contributed by atoms with van der Waals surface area (Å²) < 4.78 is 49.4. The summed E-state index contributed by atoms with van der Waals surface area (Å²) in [7, 11) is 0. The van der Waals surface area contributed by atoms with E-state index in [0.29, 0.717) is 17.9 Å². The number of carbonyl (C=O) groups is 2. The highest BCUT2D eigenvalue weighted by Crippen LogP contribution is 2.34. The number of nitrogens with one attached hydrogen (secondary N) is 1. The summed E-state index contributed by atoms with van der Waals surface area (Å²) in [5.41, 5.74) is -0.754. The first-order valence-electron chi connectivity index (χ1n) is 8.80. The van der Waals surface area contributed by atoms with Gasteiger partial charge < -0.3 is 14.8 Å². The molecule has 0 fully saturated rings. The number of amides is 1. The first-order valence-corrected chi connectivity index (χ1v) is 8.80. The number of rotatable bonds is 7. The number of halogens is 3. The molecule has 1 amide bonds. The third-order valence-electron chi connectivity index (χ3n) is 3.77. The zero-order chi connectivity index (χ0) is 21.4. The number of anilines is 1. The lowest BCUT2D eigenvalue weighted by Gasteiger charge is -2.16. The van der Waals surface area contributed by atoms with Crippen molar-refractivity contribution in [3.05, 3.63) is 65.7 Å². The van der Waals surface area contributed by atoms with E-state index >= 15 is 0 Å². The molecule has 2 aromatic carbocycles. The smallest absolute Gasteiger partial charge is 0.418 e. The van der Waals surface area contributed by atoms with Crippen molar-refractivity contribution < 1.29 is 32.2 Å². The summed E-state index contributed by atoms with van der Waals surface area (Å²) in [5.74, 6) is -1.12. The predicted octanol–water partition coefficient (Wildman–Crippen LogP) is 4.69. The molecule has 0 saturated heterocycles. The lowest BCUT2D eigenvalue weighted by atomic mass is 10.1. The van der Waals surface area contributed by atoms with Crippen molar-refractivity contribution in [1.82, 2.24) is 0 Å². The molecule has 2 aromatic rings. The fourth-order valence-corrected chi connectivity index (χ4v) is 2.40. The van der Waals surface area contributed by atoms with Gasteiger partial charge in [-0.1, -0.05) is 30.3 Å². The Bertz CT molecular complexity index is 893. The van der Waals surface area contributed by atoms with Gasteiger partial charge in [0.25, 0.3) is 5.91 Å². The Morgan fingerprint density at radius 3 is 2.45 bits per heavy atom. The summed E-state index contributed by atoms with van der Waals surface area (Å²) in [6, 6.07) is 11.6. The Balaban J connectivity index is 2.01. The van der Waals surface area contributed by atoms with E-state index in [0.717, 1.165) is 18.2 Å². The van der Waals surface area contributed by atoms with Crippen LogP contribution < -0.4 is 10.1 Å². The summed E-state index contributed by atoms with van der Waals surface area (Å²) in [5, 5.41) is 2.14. The van der Waals surface area contributed by atoms with Crippen LogP contribution in [0.1, 0.15) is 25.0 Å². The monoisotopic (exact) mass is 407 g/mol. The van der Waals surface area contributed by atoms with Gasteiger partial charge in [0.2, 0.25) is 0 Å². The maximum Gasteiger partial charge on any atom is 0.418 e. The van der Waals surface area contributed by atoms with Gasteiger partial charge in [-0.3, -0.25) is 4.79 Å². The van der Waals surface area contributed by atoms with Crippen LogP contribution in [0.5, 0.6) is 5.75 Å². The fourth-order valence-electron chi connectivity index (χ4n) is 2.40. The molecule has 0 aliphatic rings. The number of para-hydroxylation sites is 2. The van der Waals surface area contributed by atoms with Crippen LogP contribution >= 0.6 is 0 Å². The average Bonchev–Trinajstić information content (AvgIpc) is 2.67. The predicted molar refractivity (Wildman–Crippen MR) is 102 cm³/mol. The summed E-state index contributed by atoms with van der Waals surface area (Å²) >= 11 is 0. The molecule has 0 heterocycles. The normalized spacial score (nSPS) is 12.4. The van der Waals surface area contributed by atoms with E-state index in [4.69, 9.17) is 9.47 Å². The second-order valence-electron chi connectivity index (χ2n) is 5.92. The topological polar surface area (TPSA) is 64.6 Å². The van der Waals surface area contributed by atoms with Crippen LogP contribution in [0.25, 0.3) is 6.08 Å². The number of ether oxygens (including phenoxy) is 2. The number of alkyl halides is 3. The van der Waals surface area contributed by atoms with Crippen LogP contribution in [0.3, 0.4) is 0 Å². The van der Waals surface area contributed by atoms with E-state index in [2.05, 4.69) is 5.32 Å². The highest BCUT2D eigenvalue weighted by molar-refractivity contribution is 5.97. The fraction of sp³-hybridized carbons (Fsp3) is 0.238. The molecule has 1 N–H and O–H groups in total. The second-order valence-corrected chi connectivity index (χ2v) is 5.92. The van der Waals surface area contributed by atoms with Crippen LogP contribution in [-0.4, -0.2) is 24.6 Å². The van der Waals surface area contributed by atoms with Gasteiger partial charge in [0.15, 0.2) is 6.10 Å². The molecule has 2 rings (SSSR count). The number of carbonyl (C=O) groups excluding carboxylic acids is 2. The molecule has 0 radical (unpaired) electrons. The molecule has 154 valence electrons. The zero-order valence-electron chi connectivity index (χ0n) is 15.8. The van der Waals surface area contributed by atoms with E-state index < -0.39 is 35.4 Å². The Morgan fingerprint density at radius 2 is 1.76 bits per heavy atom. The molecule has 0 spiro atoms. The van der Waals surface area contributed by atoms with E-state index in [-0.39, 0.29) is 0 Å². The van der Waals surface area contributed by atoms with Gasteiger partial charge in [0, 0.05) is 11.6 Å². The zero-order valence-corrected chi connectivity index (χ0v) is 15.8. The molecular weight excluding hydrogens is 387 g/mol. The van der Waals surface area contributed by atoms with Gasteiger partial charge >= 0.3 is 12.1 Å². The Kier molecular flexibility index (Phi) is 7.41. The second kappa shape index (κ2) is 9.77. The summed E-state index contributed by atoms with van der Waals surface area (Å²) in [4.78, 5) is 24.1. The minimum Gasteiger partial charge on any atom is -0.493 e. The highest BCUT2D eigenvalue weighted by atomic mass is 19.4. The standard InChI is InChI=1S/C21H20F3NO4/c1-3-28-18-11-7-4-8-15(18)12-13-19(26)29-14(2)20(27)25-17-10-6-5-9-16(17)21(22,23)24/h4-14H,3H2,1-2H3,(H,25,27)/b13-12+. The van der Waals surface area contributed by atoms with Gasteiger partial charge in [-0.2, -0.15) is 13.2 Å². The minimum atomic E-state index is -4.62. The van der Waals surface area contributed by atoms with E-state index in [1.165, 1.54) is 25.1 Å². The molecular formula is C21H20F3NO4. The van der Waals surface area contributed by atoms with Crippen molar-refractivity contribution in [2.75, 3.05) is 11.9 Å². The average molecular weight is 407 g/mol. The van der Waals surface area contributed by atoms with Crippen molar-refractivity contribution >= 4 is 23.6 Å². The van der Waals surface area contributed by atoms with Crippen LogP contribution in [0.2, 0.25) is 0 Å². The highest BCUT2D eigenvalue weighted by Gasteiger charge is 2.34. The molecule has 1 atom stereocenters. The molecule has 0 aliphatic carbocycles. The largest absolute Gasteiger partial charge is 0.493 e. The van der Waals surface area contributed by atoms with Crippen LogP contribution in [0, 0.1) is 0 Å². The minimum absolute atomic E-state index is 0.408. The van der Waals surface area contributed by atoms with Crippen molar-refractivity contribution in [2.24, 2.45) is 0 Å². The maximum absolute atomic E-state index is 13.0. The number of esters is 1. The molecule has 0 saturated carbocycles. The molecule has 0 bridgehead atoms. The Hall–Kier alpha value is -3.29. The third kappa shape index (κ3) is 6.38. The number of hydrogen-bond acceptors (Lipinski definition) is 4. The third-order valence-corrected chi connectivity index (χ3v) is 3.77. The Morgan fingerprint density at radius 1 is 1.10 bits per heavy atom. The summed E-state index contributed by atoms with van der Waals surface area (Å²) in [6.45, 7) is 3.54. The first kappa shape index (κ1) is 22.0. The van der Waals surface area contributed by atoms with Crippen LogP contribution in [0.4, 0.5) is 18.9 Å². The van der Waals surface area contributed by atoms with Crippen LogP contribution in [-0.2, 0) is 20.5 Å². The van der Waals surface area contributed by atoms with Gasteiger partial charge in [-0.05, 0) is 38.1 Å². The van der Waals surface area contributed by atoms with Crippen LogP contribution in [0.15, 0.2) is 54.6 Å². The van der Waals surface area contributed by atoms with Gasteiger partial charge in [0.1, 0.15) is 5.75 Å². The van der Waals surface area contributed by atoms with Gasteiger partial charge in [0.05, 0.1) is 17.9 Å². The number of benzene rings is 2. The van der Waals surface area contributed by atoms with Crippen molar-refractivity contribution in [3.63, 3.8) is 0 Å². The molecule has 0 aromatic heterocycles. The first-order chi connectivity index (χ1) is 13.7. The van der Waals surface area contributed by atoms with Crippen molar-refractivity contribution in [2.45, 2.75) is 26.1 Å². The lowest BCUT2D eigenvalue weighted by Crippen LogP contribution is -2.30. The number of hydrogen-bond donors (Lipinski definition) is 1. The van der Waals surface area contributed by atoms with E-state index in [1.54, 1.807) is 24.3 Å².